The molecule has 7 heteroatoms. The number of thiazole rings is 1. The van der Waals surface area contributed by atoms with Crippen LogP contribution in [0.4, 0.5) is 5.69 Å². The highest BCUT2D eigenvalue weighted by Crippen LogP contribution is 2.24. The van der Waals surface area contributed by atoms with Crippen molar-refractivity contribution in [3.63, 3.8) is 0 Å². The Morgan fingerprint density at radius 3 is 2.78 bits per heavy atom. The molecule has 0 saturated carbocycles. The summed E-state index contributed by atoms with van der Waals surface area (Å²) >= 11 is 1.58. The normalized spacial score (nSPS) is 17.3. The number of likely N-dealkylation sites (tertiary alicyclic amines) is 1. The number of carbonyl (C=O) groups excluding carboxylic acids is 1. The third kappa shape index (κ3) is 3.79. The first kappa shape index (κ1) is 17.9. The van der Waals surface area contributed by atoms with Crippen molar-refractivity contribution >= 4 is 22.9 Å². The average molecular weight is 382 g/mol. The molecule has 1 N–H and O–H groups in total. The topological polar surface area (TPSA) is 63.1 Å². The summed E-state index contributed by atoms with van der Waals surface area (Å²) in [5.41, 5.74) is 5.81. The van der Waals surface area contributed by atoms with Crippen LogP contribution >= 0.6 is 11.3 Å². The minimum Gasteiger partial charge on any atom is -0.334 e. The summed E-state index contributed by atoms with van der Waals surface area (Å²) < 4.78 is 2.09. The lowest BCUT2D eigenvalue weighted by molar-refractivity contribution is -0.120. The molecule has 1 aliphatic rings. The number of benzene rings is 1. The van der Waals surface area contributed by atoms with Crippen molar-refractivity contribution in [2.24, 2.45) is 7.05 Å². The molecule has 0 aliphatic carbocycles. The maximum atomic E-state index is 12.8. The molecule has 1 aliphatic heterocycles. The molecular formula is C20H23N5OS. The van der Waals surface area contributed by atoms with Gasteiger partial charge >= 0.3 is 0 Å². The van der Waals surface area contributed by atoms with E-state index in [2.05, 4.69) is 24.8 Å². The predicted octanol–water partition coefficient (Wildman–Crippen LogP) is 3.46. The van der Waals surface area contributed by atoms with Gasteiger partial charge in [0.15, 0.2) is 0 Å². The highest BCUT2D eigenvalue weighted by Gasteiger charge is 2.31. The van der Waals surface area contributed by atoms with Gasteiger partial charge in [-0.1, -0.05) is 12.1 Å². The van der Waals surface area contributed by atoms with E-state index >= 15 is 0 Å². The molecule has 1 aromatic carbocycles. The second kappa shape index (κ2) is 7.62. The number of anilines is 1. The molecule has 6 nitrogen and oxygen atoms in total. The quantitative estimate of drug-likeness (QED) is 0.735. The van der Waals surface area contributed by atoms with E-state index in [-0.39, 0.29) is 11.9 Å². The van der Waals surface area contributed by atoms with Gasteiger partial charge in [-0.25, -0.2) is 9.97 Å². The Hall–Kier alpha value is -2.51. The monoisotopic (exact) mass is 381 g/mol. The minimum atomic E-state index is -0.0987. The molecule has 0 spiro atoms. The van der Waals surface area contributed by atoms with Gasteiger partial charge in [-0.3, -0.25) is 9.69 Å². The van der Waals surface area contributed by atoms with Gasteiger partial charge in [-0.2, -0.15) is 0 Å². The smallest absolute Gasteiger partial charge is 0.241 e. The van der Waals surface area contributed by atoms with E-state index in [1.807, 2.05) is 55.3 Å². The number of hydrogen-bond acceptors (Lipinski definition) is 5. The number of imidazole rings is 1. The van der Waals surface area contributed by atoms with Crippen molar-refractivity contribution in [3.05, 3.63) is 52.9 Å². The Morgan fingerprint density at radius 2 is 2.11 bits per heavy atom. The maximum absolute atomic E-state index is 12.8. The lowest BCUT2D eigenvalue weighted by atomic mass is 10.1. The highest BCUT2D eigenvalue weighted by atomic mass is 32.1. The molecule has 1 amide bonds. The lowest BCUT2D eigenvalue weighted by Gasteiger charge is -2.23. The predicted molar refractivity (Wildman–Crippen MR) is 108 cm³/mol. The standard InChI is InChI=1S/C20H23N5OS/c1-14-21-10-17(24(14)2)11-25-9-3-4-19(25)20(26)23-16-7-5-15(6-8-16)18-12-27-13-22-18/h5-8,10,12-13,19H,3-4,9,11H2,1-2H3,(H,23,26)/t19-/m0/s1. The van der Waals surface area contributed by atoms with Gasteiger partial charge in [0.05, 0.1) is 22.9 Å². The van der Waals surface area contributed by atoms with Gasteiger partial charge in [0, 0.05) is 36.4 Å². The van der Waals surface area contributed by atoms with Crippen molar-refractivity contribution in [2.75, 3.05) is 11.9 Å². The summed E-state index contributed by atoms with van der Waals surface area (Å²) in [6.07, 6.45) is 3.83. The molecule has 3 heterocycles. The third-order valence-corrected chi connectivity index (χ3v) is 5.82. The third-order valence-electron chi connectivity index (χ3n) is 5.23. The van der Waals surface area contributed by atoms with Crippen LogP contribution in [0.5, 0.6) is 0 Å². The van der Waals surface area contributed by atoms with Crippen LogP contribution in [0.1, 0.15) is 24.4 Å². The van der Waals surface area contributed by atoms with E-state index in [1.54, 1.807) is 11.3 Å². The van der Waals surface area contributed by atoms with Crippen molar-refractivity contribution in [3.8, 4) is 11.3 Å². The van der Waals surface area contributed by atoms with E-state index in [0.29, 0.717) is 0 Å². The Balaban J connectivity index is 1.41. The van der Waals surface area contributed by atoms with E-state index in [0.717, 1.165) is 54.4 Å². The van der Waals surface area contributed by atoms with Crippen LogP contribution in [-0.4, -0.2) is 37.9 Å². The number of hydrogen-bond donors (Lipinski definition) is 1. The van der Waals surface area contributed by atoms with Crippen LogP contribution in [0.2, 0.25) is 0 Å². The van der Waals surface area contributed by atoms with E-state index < -0.39 is 0 Å². The molecule has 0 unspecified atom stereocenters. The van der Waals surface area contributed by atoms with Gasteiger partial charge in [-0.05, 0) is 38.4 Å². The van der Waals surface area contributed by atoms with Crippen LogP contribution in [0.3, 0.4) is 0 Å². The number of nitrogens with zero attached hydrogens (tertiary/aromatic N) is 4. The number of amides is 1. The molecule has 1 fully saturated rings. The molecule has 1 saturated heterocycles. The van der Waals surface area contributed by atoms with E-state index in [1.165, 1.54) is 0 Å². The summed E-state index contributed by atoms with van der Waals surface area (Å²) in [6.45, 7) is 3.68. The summed E-state index contributed by atoms with van der Waals surface area (Å²) in [5.74, 6) is 1.05. The van der Waals surface area contributed by atoms with Gasteiger partial charge in [0.2, 0.25) is 5.91 Å². The van der Waals surface area contributed by atoms with Crippen molar-refractivity contribution in [1.29, 1.82) is 0 Å². The lowest BCUT2D eigenvalue weighted by Crippen LogP contribution is -2.39. The molecule has 0 radical (unpaired) electrons. The highest BCUT2D eigenvalue weighted by molar-refractivity contribution is 7.07. The molecule has 140 valence electrons. The summed E-state index contributed by atoms with van der Waals surface area (Å²) in [7, 11) is 2.02. The van der Waals surface area contributed by atoms with Crippen molar-refractivity contribution in [2.45, 2.75) is 32.4 Å². The summed E-state index contributed by atoms with van der Waals surface area (Å²) in [6, 6.07) is 7.77. The molecule has 4 rings (SSSR count). The van der Waals surface area contributed by atoms with Gasteiger partial charge in [-0.15, -0.1) is 11.3 Å². The number of rotatable bonds is 5. The zero-order valence-corrected chi connectivity index (χ0v) is 16.4. The molecule has 3 aromatic rings. The Kier molecular flexibility index (Phi) is 5.05. The van der Waals surface area contributed by atoms with Gasteiger partial charge in [0.1, 0.15) is 5.82 Å². The van der Waals surface area contributed by atoms with E-state index in [4.69, 9.17) is 0 Å². The van der Waals surface area contributed by atoms with Crippen molar-refractivity contribution in [1.82, 2.24) is 19.4 Å². The number of carbonyl (C=O) groups is 1. The first-order valence-electron chi connectivity index (χ1n) is 9.12. The second-order valence-corrected chi connectivity index (χ2v) is 7.64. The molecule has 27 heavy (non-hydrogen) atoms. The first-order valence-corrected chi connectivity index (χ1v) is 10.1. The zero-order valence-electron chi connectivity index (χ0n) is 15.6. The van der Waals surface area contributed by atoms with Crippen LogP contribution in [0.15, 0.2) is 41.4 Å². The van der Waals surface area contributed by atoms with Gasteiger partial charge < -0.3 is 9.88 Å². The molecular weight excluding hydrogens is 358 g/mol. The minimum absolute atomic E-state index is 0.0628. The van der Waals surface area contributed by atoms with Crippen LogP contribution in [0, 0.1) is 6.92 Å². The summed E-state index contributed by atoms with van der Waals surface area (Å²) in [4.78, 5) is 23.8. The first-order chi connectivity index (χ1) is 13.1. The maximum Gasteiger partial charge on any atom is 0.241 e. The number of aromatic nitrogens is 3. The number of nitrogens with one attached hydrogen (secondary N) is 1. The SMILES string of the molecule is Cc1ncc(CN2CCC[C@H]2C(=O)Nc2ccc(-c3cscn3)cc2)n1C. The van der Waals surface area contributed by atoms with E-state index in [9.17, 15) is 4.79 Å². The largest absolute Gasteiger partial charge is 0.334 e. The average Bonchev–Trinajstić information content (AvgIpc) is 3.41. The molecule has 0 bridgehead atoms. The van der Waals surface area contributed by atoms with Crippen LogP contribution in [0.25, 0.3) is 11.3 Å². The van der Waals surface area contributed by atoms with Crippen molar-refractivity contribution < 1.29 is 4.79 Å². The fourth-order valence-electron chi connectivity index (χ4n) is 3.52. The Labute approximate surface area is 162 Å². The summed E-state index contributed by atoms with van der Waals surface area (Å²) in [5, 5.41) is 5.09. The molecule has 1 atom stereocenters. The zero-order chi connectivity index (χ0) is 18.8. The second-order valence-electron chi connectivity index (χ2n) is 6.92. The van der Waals surface area contributed by atoms with Crippen LogP contribution < -0.4 is 5.32 Å². The molecule has 2 aromatic heterocycles. The Morgan fingerprint density at radius 1 is 1.30 bits per heavy atom. The van der Waals surface area contributed by atoms with Crippen LogP contribution in [-0.2, 0) is 18.4 Å². The fraction of sp³-hybridized carbons (Fsp3) is 0.350. The fourth-order valence-corrected chi connectivity index (χ4v) is 4.08. The number of aryl methyl sites for hydroxylation is 1. The Bertz CT molecular complexity index is 917. The van der Waals surface area contributed by atoms with Gasteiger partial charge in [0.25, 0.3) is 0 Å².